The molecule has 0 amide bonds. The third-order valence-corrected chi connectivity index (χ3v) is 5.94. The number of unbranched alkanes of at least 4 members (excludes halogenated alkanes) is 16. The Hall–Kier alpha value is -1.50. The molecule has 0 N–H and O–H groups in total. The normalized spacial score (nSPS) is 9.46. The van der Waals surface area contributed by atoms with Gasteiger partial charge in [-0.2, -0.15) is 0 Å². The molecule has 0 aliphatic carbocycles. The summed E-state index contributed by atoms with van der Waals surface area (Å²) in [6, 6.07) is 0. The monoisotopic (exact) mass is 675 g/mol. The quantitative estimate of drug-likeness (QED) is 0.108. The van der Waals surface area contributed by atoms with E-state index in [1.807, 2.05) is 0 Å². The summed E-state index contributed by atoms with van der Waals surface area (Å²) in [5, 5.41) is 39.7. The first-order valence-electron chi connectivity index (χ1n) is 15.9. The van der Waals surface area contributed by atoms with Crippen molar-refractivity contribution in [3.63, 3.8) is 0 Å². The number of carboxylic acids is 4. The minimum Gasteiger partial charge on any atom is -0.550 e. The van der Waals surface area contributed by atoms with Gasteiger partial charge in [-0.25, -0.2) is 0 Å². The summed E-state index contributed by atoms with van der Waals surface area (Å²) < 4.78 is 0. The van der Waals surface area contributed by atoms with Gasteiger partial charge in [-0.15, -0.1) is 0 Å². The Labute approximate surface area is 264 Å². The maximum atomic E-state index is 9.92. The van der Waals surface area contributed by atoms with E-state index in [0.29, 0.717) is 0 Å². The zero-order valence-electron chi connectivity index (χ0n) is 26.6. The van der Waals surface area contributed by atoms with Gasteiger partial charge in [-0.1, -0.05) is 130 Å². The number of hydrogen-bond acceptors (Lipinski definition) is 8. The summed E-state index contributed by atoms with van der Waals surface area (Å²) in [4.78, 5) is 39.7. The van der Waals surface area contributed by atoms with Gasteiger partial charge in [0.2, 0.25) is 0 Å². The van der Waals surface area contributed by atoms with Gasteiger partial charge in [-0.05, 0) is 51.4 Å². The van der Waals surface area contributed by atoms with Crippen LogP contribution in [-0.4, -0.2) is 23.9 Å². The minimum atomic E-state index is -0.920. The molecular weight excluding hydrogens is 615 g/mol. The molecule has 8 nitrogen and oxygen atoms in total. The predicted octanol–water partition coefficient (Wildman–Crippen LogP) is 4.38. The van der Waals surface area contributed by atoms with Gasteiger partial charge >= 0.3 is 19.5 Å². The van der Waals surface area contributed by atoms with Crippen LogP contribution in [0.2, 0.25) is 0 Å². The average Bonchev–Trinajstić information content (AvgIpc) is 2.89. The topological polar surface area (TPSA) is 161 Å². The first-order chi connectivity index (χ1) is 19.1. The van der Waals surface area contributed by atoms with Gasteiger partial charge in [0, 0.05) is 23.9 Å². The SMILES string of the molecule is CCCCCCCC(=O)[O-].CCCCCCCC(=O)[O-].CCCCCCCC(=O)[O-].CCCCCCCC(=O)[O-].[Rh+4]. The third kappa shape index (κ3) is 73.0. The average molecular weight is 676 g/mol. The van der Waals surface area contributed by atoms with Gasteiger partial charge < -0.3 is 39.6 Å². The zero-order valence-corrected chi connectivity index (χ0v) is 28.2. The largest absolute Gasteiger partial charge is 4.00 e. The molecule has 1 radical (unpaired) electrons. The molecule has 0 aromatic carbocycles. The molecule has 0 unspecified atom stereocenters. The maximum Gasteiger partial charge on any atom is 4.00 e. The van der Waals surface area contributed by atoms with Crippen LogP contribution in [0.3, 0.4) is 0 Å². The molecule has 9 heteroatoms. The number of hydrogen-bond donors (Lipinski definition) is 0. The zero-order chi connectivity index (χ0) is 31.3. The van der Waals surface area contributed by atoms with Crippen molar-refractivity contribution in [2.75, 3.05) is 0 Å². The van der Waals surface area contributed by atoms with E-state index < -0.39 is 23.9 Å². The van der Waals surface area contributed by atoms with Gasteiger partial charge in [0.05, 0.1) is 0 Å². The Bertz CT molecular complexity index is 460. The summed E-state index contributed by atoms with van der Waals surface area (Å²) in [5.41, 5.74) is 0. The van der Waals surface area contributed by atoms with Crippen LogP contribution in [0.5, 0.6) is 0 Å². The second-order valence-electron chi connectivity index (χ2n) is 10.1. The standard InChI is InChI=1S/4C8H16O2.Rh/c4*1-2-3-4-5-6-7-8(9)10;/h4*2-7H2,1H3,(H,9,10);/q;;;;+4/p-4. The molecule has 0 aliphatic heterocycles. The van der Waals surface area contributed by atoms with E-state index in [4.69, 9.17) is 0 Å². The van der Waals surface area contributed by atoms with Crippen LogP contribution < -0.4 is 20.4 Å². The maximum absolute atomic E-state index is 9.92. The van der Waals surface area contributed by atoms with Crippen molar-refractivity contribution in [1.29, 1.82) is 0 Å². The number of carbonyl (C=O) groups is 4. The van der Waals surface area contributed by atoms with Gasteiger partial charge in [-0.3, -0.25) is 0 Å². The van der Waals surface area contributed by atoms with Crippen molar-refractivity contribution >= 4 is 23.9 Å². The summed E-state index contributed by atoms with van der Waals surface area (Å²) in [7, 11) is 0. The number of aliphatic carboxylic acids is 4. The van der Waals surface area contributed by atoms with Crippen LogP contribution in [0.25, 0.3) is 0 Å². The molecule has 0 spiro atoms. The molecule has 0 aromatic heterocycles. The Kier molecular flexibility index (Phi) is 54.6. The Morgan fingerprint density at radius 3 is 0.585 bits per heavy atom. The second kappa shape index (κ2) is 45.5. The van der Waals surface area contributed by atoms with E-state index >= 15 is 0 Å². The summed E-state index contributed by atoms with van der Waals surface area (Å²) >= 11 is 0. The van der Waals surface area contributed by atoms with E-state index in [9.17, 15) is 39.6 Å². The molecule has 0 heterocycles. The van der Waals surface area contributed by atoms with E-state index in [1.54, 1.807) is 0 Å². The Morgan fingerprint density at radius 2 is 0.463 bits per heavy atom. The molecule has 245 valence electrons. The molecule has 0 atom stereocenters. The van der Waals surface area contributed by atoms with Crippen LogP contribution in [-0.2, 0) is 38.7 Å². The van der Waals surface area contributed by atoms with E-state index in [-0.39, 0.29) is 45.2 Å². The van der Waals surface area contributed by atoms with Crippen LogP contribution in [0, 0.1) is 0 Å². The van der Waals surface area contributed by atoms with Crippen molar-refractivity contribution in [3.05, 3.63) is 0 Å². The van der Waals surface area contributed by atoms with Gasteiger partial charge in [0.15, 0.2) is 0 Å². The fraction of sp³-hybridized carbons (Fsp3) is 0.875. The molecule has 0 aliphatic rings. The number of carbonyl (C=O) groups excluding carboxylic acids is 4. The predicted molar refractivity (Wildman–Crippen MR) is 154 cm³/mol. The molecular formula is C32H60O8Rh. The first kappa shape index (κ1) is 49.2. The fourth-order valence-electron chi connectivity index (χ4n) is 3.49. The summed E-state index contributed by atoms with van der Waals surface area (Å²) in [6.45, 7) is 8.55. The van der Waals surface area contributed by atoms with Crippen molar-refractivity contribution in [2.45, 2.75) is 182 Å². The molecule has 0 bridgehead atoms. The molecule has 41 heavy (non-hydrogen) atoms. The summed E-state index contributed by atoms with van der Waals surface area (Å²) in [6.07, 6.45) is 22.4. The van der Waals surface area contributed by atoms with Crippen LogP contribution >= 0.6 is 0 Å². The fourth-order valence-corrected chi connectivity index (χ4v) is 3.49. The third-order valence-electron chi connectivity index (χ3n) is 5.94. The minimum absolute atomic E-state index is 0. The van der Waals surface area contributed by atoms with Crippen LogP contribution in [0.1, 0.15) is 182 Å². The molecule has 0 saturated carbocycles. The molecule has 0 rings (SSSR count). The summed E-state index contributed by atoms with van der Waals surface area (Å²) in [5.74, 6) is -3.68. The van der Waals surface area contributed by atoms with E-state index in [1.165, 1.54) is 51.4 Å². The molecule has 0 fully saturated rings. The smallest absolute Gasteiger partial charge is 0.550 e. The first-order valence-corrected chi connectivity index (χ1v) is 15.9. The van der Waals surface area contributed by atoms with Gasteiger partial charge in [0.1, 0.15) is 0 Å². The Morgan fingerprint density at radius 1 is 0.317 bits per heavy atom. The number of rotatable bonds is 24. The van der Waals surface area contributed by atoms with Crippen LogP contribution in [0.4, 0.5) is 0 Å². The second-order valence-corrected chi connectivity index (χ2v) is 10.1. The van der Waals surface area contributed by atoms with Gasteiger partial charge in [0.25, 0.3) is 0 Å². The Balaban J connectivity index is -0.000000139. The van der Waals surface area contributed by atoms with Crippen molar-refractivity contribution in [3.8, 4) is 0 Å². The molecule has 0 aromatic rings. The van der Waals surface area contributed by atoms with Crippen molar-refractivity contribution in [2.24, 2.45) is 0 Å². The molecule has 0 saturated heterocycles. The van der Waals surface area contributed by atoms with Crippen LogP contribution in [0.15, 0.2) is 0 Å². The van der Waals surface area contributed by atoms with Crippen molar-refractivity contribution in [1.82, 2.24) is 0 Å². The van der Waals surface area contributed by atoms with E-state index in [0.717, 1.165) is 77.0 Å². The van der Waals surface area contributed by atoms with E-state index in [2.05, 4.69) is 27.7 Å². The number of carboxylic acid groups (broad SMARTS) is 4. The van der Waals surface area contributed by atoms with Crippen molar-refractivity contribution < 1.29 is 59.1 Å².